The van der Waals surface area contributed by atoms with E-state index in [9.17, 15) is 19.2 Å². The number of piperidine rings is 1. The molecule has 0 saturated carbocycles. The zero-order valence-corrected chi connectivity index (χ0v) is 22.7. The number of rotatable bonds is 7. The standard InChI is InChI=1S/C25H41N5O6/c1-15(2)13-17(22(33)35-24(3,4)5)29-21(32)19-18(26-14-27-19)20(31)28-16-9-11-30(12-10-16)23(34)36-25(6,7)8/h14-17H,9-13H2,1-8H3,(H,26,27)(H,28,31)(H,29,32)/t17-/m0/s1. The molecule has 1 aliphatic rings. The van der Waals surface area contributed by atoms with E-state index in [0.717, 1.165) is 0 Å². The van der Waals surface area contributed by atoms with Crippen LogP contribution >= 0.6 is 0 Å². The molecule has 1 aromatic rings. The molecule has 36 heavy (non-hydrogen) atoms. The molecule has 2 rings (SSSR count). The number of carbonyl (C=O) groups is 4. The van der Waals surface area contributed by atoms with E-state index in [1.165, 1.54) is 6.33 Å². The van der Waals surface area contributed by atoms with Gasteiger partial charge >= 0.3 is 12.1 Å². The van der Waals surface area contributed by atoms with E-state index in [0.29, 0.717) is 32.4 Å². The fourth-order valence-electron chi connectivity index (χ4n) is 3.71. The summed E-state index contributed by atoms with van der Waals surface area (Å²) in [6, 6.07) is -1.05. The van der Waals surface area contributed by atoms with Crippen molar-refractivity contribution >= 4 is 23.9 Å². The number of nitrogens with one attached hydrogen (secondary N) is 3. The summed E-state index contributed by atoms with van der Waals surface area (Å²) in [5, 5.41) is 5.58. The Morgan fingerprint density at radius 1 is 1.03 bits per heavy atom. The number of aromatic nitrogens is 2. The zero-order valence-electron chi connectivity index (χ0n) is 22.7. The average molecular weight is 508 g/mol. The molecule has 0 bridgehead atoms. The normalized spacial score (nSPS) is 15.9. The van der Waals surface area contributed by atoms with Gasteiger partial charge in [-0.3, -0.25) is 9.59 Å². The second-order valence-corrected chi connectivity index (χ2v) is 11.5. The van der Waals surface area contributed by atoms with E-state index >= 15 is 0 Å². The van der Waals surface area contributed by atoms with Crippen LogP contribution in [-0.2, 0) is 14.3 Å². The Balaban J connectivity index is 2.00. The van der Waals surface area contributed by atoms with Crippen LogP contribution in [0, 0.1) is 5.92 Å². The summed E-state index contributed by atoms with van der Waals surface area (Å²) in [5.74, 6) is -1.54. The van der Waals surface area contributed by atoms with E-state index in [-0.39, 0.29) is 29.4 Å². The van der Waals surface area contributed by atoms with Crippen LogP contribution < -0.4 is 10.6 Å². The first-order valence-electron chi connectivity index (χ1n) is 12.4. The van der Waals surface area contributed by atoms with Gasteiger partial charge in [-0.1, -0.05) is 13.8 Å². The molecular formula is C25H41N5O6. The molecule has 2 heterocycles. The lowest BCUT2D eigenvalue weighted by Crippen LogP contribution is -2.48. The highest BCUT2D eigenvalue weighted by Crippen LogP contribution is 2.17. The summed E-state index contributed by atoms with van der Waals surface area (Å²) in [5.41, 5.74) is -1.37. The van der Waals surface area contributed by atoms with Gasteiger partial charge in [0.05, 0.1) is 6.33 Å². The predicted molar refractivity (Wildman–Crippen MR) is 133 cm³/mol. The second kappa shape index (κ2) is 11.7. The molecule has 0 spiro atoms. The Hall–Kier alpha value is -3.11. The molecule has 0 radical (unpaired) electrons. The lowest BCUT2D eigenvalue weighted by Gasteiger charge is -2.33. The number of likely N-dealkylation sites (tertiary alicyclic amines) is 1. The minimum atomic E-state index is -0.874. The highest BCUT2D eigenvalue weighted by Gasteiger charge is 2.31. The maximum atomic E-state index is 13.0. The van der Waals surface area contributed by atoms with E-state index in [1.807, 2.05) is 34.6 Å². The Morgan fingerprint density at radius 3 is 2.14 bits per heavy atom. The molecule has 1 aromatic heterocycles. The maximum Gasteiger partial charge on any atom is 0.410 e. The molecule has 3 amide bonds. The van der Waals surface area contributed by atoms with Crippen LogP contribution in [0.1, 0.15) is 95.6 Å². The second-order valence-electron chi connectivity index (χ2n) is 11.5. The molecule has 1 aliphatic heterocycles. The van der Waals surface area contributed by atoms with Gasteiger partial charge in [0.25, 0.3) is 11.8 Å². The molecule has 1 fully saturated rings. The lowest BCUT2D eigenvalue weighted by molar-refractivity contribution is -0.157. The molecule has 1 saturated heterocycles. The number of H-pyrrole nitrogens is 1. The van der Waals surface area contributed by atoms with Crippen LogP contribution in [0.4, 0.5) is 4.79 Å². The lowest BCUT2D eigenvalue weighted by atomic mass is 10.0. The quantitative estimate of drug-likeness (QED) is 0.481. The number of hydrogen-bond donors (Lipinski definition) is 3. The zero-order chi connectivity index (χ0) is 27.3. The van der Waals surface area contributed by atoms with Crippen molar-refractivity contribution in [1.29, 1.82) is 0 Å². The maximum absolute atomic E-state index is 13.0. The Labute approximate surface area is 213 Å². The molecule has 11 heteroatoms. The number of aromatic amines is 1. The van der Waals surface area contributed by atoms with Crippen LogP contribution in [0.15, 0.2) is 6.33 Å². The summed E-state index contributed by atoms with van der Waals surface area (Å²) in [7, 11) is 0. The Bertz CT molecular complexity index is 935. The number of hydrogen-bond acceptors (Lipinski definition) is 7. The fourth-order valence-corrected chi connectivity index (χ4v) is 3.71. The molecule has 1 atom stereocenters. The van der Waals surface area contributed by atoms with Gasteiger partial charge in [-0.05, 0) is 66.7 Å². The van der Waals surface area contributed by atoms with Crippen molar-refractivity contribution in [3.63, 3.8) is 0 Å². The summed E-state index contributed by atoms with van der Waals surface area (Å²) in [6.45, 7) is 15.5. The first-order chi connectivity index (χ1) is 16.6. The van der Waals surface area contributed by atoms with E-state index in [1.54, 1.807) is 25.7 Å². The highest BCUT2D eigenvalue weighted by molar-refractivity contribution is 6.05. The molecule has 0 unspecified atom stereocenters. The van der Waals surface area contributed by atoms with Crippen LogP contribution in [0.25, 0.3) is 0 Å². The van der Waals surface area contributed by atoms with Crippen molar-refractivity contribution in [1.82, 2.24) is 25.5 Å². The third kappa shape index (κ3) is 9.16. The van der Waals surface area contributed by atoms with Gasteiger partial charge < -0.3 is 30.0 Å². The summed E-state index contributed by atoms with van der Waals surface area (Å²) in [4.78, 5) is 59.2. The number of amides is 3. The van der Waals surface area contributed by atoms with Crippen LogP contribution in [0.2, 0.25) is 0 Å². The largest absolute Gasteiger partial charge is 0.458 e. The van der Waals surface area contributed by atoms with Gasteiger partial charge in [0.2, 0.25) is 0 Å². The number of esters is 1. The van der Waals surface area contributed by atoms with E-state index < -0.39 is 35.0 Å². The predicted octanol–water partition coefficient (Wildman–Crippen LogP) is 3.03. The minimum absolute atomic E-state index is 0.00885. The molecule has 0 aliphatic carbocycles. The Kier molecular flexibility index (Phi) is 9.51. The molecular weight excluding hydrogens is 466 g/mol. The van der Waals surface area contributed by atoms with Crippen molar-refractivity contribution in [2.75, 3.05) is 13.1 Å². The number of ether oxygens (including phenoxy) is 2. The number of carbonyl (C=O) groups excluding carboxylic acids is 4. The summed E-state index contributed by atoms with van der Waals surface area (Å²) < 4.78 is 10.9. The van der Waals surface area contributed by atoms with Crippen molar-refractivity contribution in [2.24, 2.45) is 5.92 Å². The van der Waals surface area contributed by atoms with Crippen LogP contribution in [0.5, 0.6) is 0 Å². The molecule has 202 valence electrons. The monoisotopic (exact) mass is 507 g/mol. The first kappa shape index (κ1) is 29.1. The van der Waals surface area contributed by atoms with E-state index in [4.69, 9.17) is 9.47 Å². The van der Waals surface area contributed by atoms with Gasteiger partial charge in [-0.2, -0.15) is 0 Å². The first-order valence-corrected chi connectivity index (χ1v) is 12.4. The minimum Gasteiger partial charge on any atom is -0.458 e. The summed E-state index contributed by atoms with van der Waals surface area (Å²) >= 11 is 0. The van der Waals surface area contributed by atoms with Gasteiger partial charge in [-0.25, -0.2) is 14.6 Å². The van der Waals surface area contributed by atoms with Crippen LogP contribution in [-0.4, -0.2) is 75.1 Å². The number of imidazole rings is 1. The van der Waals surface area contributed by atoms with Crippen molar-refractivity contribution in [3.05, 3.63) is 17.7 Å². The van der Waals surface area contributed by atoms with Gasteiger partial charge in [0, 0.05) is 19.1 Å². The highest BCUT2D eigenvalue weighted by atomic mass is 16.6. The van der Waals surface area contributed by atoms with Crippen molar-refractivity contribution in [2.45, 2.75) is 97.9 Å². The Morgan fingerprint density at radius 2 is 1.61 bits per heavy atom. The van der Waals surface area contributed by atoms with Crippen molar-refractivity contribution in [3.8, 4) is 0 Å². The third-order valence-corrected chi connectivity index (χ3v) is 5.27. The van der Waals surface area contributed by atoms with Gasteiger partial charge in [0.1, 0.15) is 22.9 Å². The van der Waals surface area contributed by atoms with Crippen molar-refractivity contribution < 1.29 is 28.7 Å². The fraction of sp³-hybridized carbons (Fsp3) is 0.720. The third-order valence-electron chi connectivity index (χ3n) is 5.27. The van der Waals surface area contributed by atoms with Crippen LogP contribution in [0.3, 0.4) is 0 Å². The smallest absolute Gasteiger partial charge is 0.410 e. The molecule has 3 N–H and O–H groups in total. The van der Waals surface area contributed by atoms with E-state index in [2.05, 4.69) is 20.6 Å². The van der Waals surface area contributed by atoms with Gasteiger partial charge in [-0.15, -0.1) is 0 Å². The topological polar surface area (TPSA) is 143 Å². The molecule has 0 aromatic carbocycles. The SMILES string of the molecule is CC(C)C[C@H](NC(=O)c1nc[nH]c1C(=O)NC1CCN(C(=O)OC(C)(C)C)CC1)C(=O)OC(C)(C)C. The summed E-state index contributed by atoms with van der Waals surface area (Å²) in [6.07, 6.45) is 2.37. The average Bonchev–Trinajstić information content (AvgIpc) is 3.21. The van der Waals surface area contributed by atoms with Gasteiger partial charge in [0.15, 0.2) is 5.69 Å². The number of nitrogens with zero attached hydrogens (tertiary/aromatic N) is 2. The molecule has 11 nitrogen and oxygen atoms in total.